The fourth-order valence-electron chi connectivity index (χ4n) is 2.81. The summed E-state index contributed by atoms with van der Waals surface area (Å²) in [6.07, 6.45) is 3.01. The zero-order valence-electron chi connectivity index (χ0n) is 10.3. The van der Waals surface area contributed by atoms with Crippen LogP contribution in [0.2, 0.25) is 0 Å². The van der Waals surface area contributed by atoms with Crippen LogP contribution in [0.5, 0.6) is 0 Å². The molecule has 0 radical (unpaired) electrons. The molecule has 7 nitrogen and oxygen atoms in total. The summed E-state index contributed by atoms with van der Waals surface area (Å²) < 4.78 is 1.84. The topological polar surface area (TPSA) is 110 Å². The van der Waals surface area contributed by atoms with Crippen LogP contribution in [0.4, 0.5) is 5.82 Å². The summed E-state index contributed by atoms with van der Waals surface area (Å²) in [5, 5.41) is 18.7. The maximum absolute atomic E-state index is 9.46. The highest BCUT2D eigenvalue weighted by molar-refractivity contribution is 5.81. The molecule has 2 aromatic rings. The van der Waals surface area contributed by atoms with Gasteiger partial charge in [0.15, 0.2) is 11.5 Å². The van der Waals surface area contributed by atoms with Gasteiger partial charge in [-0.05, 0) is 5.57 Å². The lowest BCUT2D eigenvalue weighted by Crippen LogP contribution is -2.44. The first-order chi connectivity index (χ1) is 9.19. The van der Waals surface area contributed by atoms with E-state index in [-0.39, 0.29) is 31.1 Å². The number of nitrogen functional groups attached to an aromatic ring is 1. The summed E-state index contributed by atoms with van der Waals surface area (Å²) in [4.78, 5) is 12.3. The van der Waals surface area contributed by atoms with Crippen LogP contribution in [0.1, 0.15) is 6.04 Å². The minimum atomic E-state index is -0.110. The second-order valence-corrected chi connectivity index (χ2v) is 4.74. The van der Waals surface area contributed by atoms with Gasteiger partial charge in [-0.25, -0.2) is 15.0 Å². The van der Waals surface area contributed by atoms with Gasteiger partial charge in [0.05, 0.1) is 19.0 Å². The fraction of sp³-hybridized carbons (Fsp3) is 0.417. The van der Waals surface area contributed by atoms with E-state index in [9.17, 15) is 10.2 Å². The number of rotatable bonds is 3. The van der Waals surface area contributed by atoms with E-state index >= 15 is 0 Å². The van der Waals surface area contributed by atoms with E-state index in [0.29, 0.717) is 17.0 Å². The maximum atomic E-state index is 9.46. The number of imidazole rings is 1. The number of nitrogens with two attached hydrogens (primary N) is 1. The van der Waals surface area contributed by atoms with Gasteiger partial charge in [0.1, 0.15) is 11.8 Å². The zero-order chi connectivity index (χ0) is 13.6. The maximum Gasteiger partial charge on any atom is 0.165 e. The molecule has 2 heterocycles. The summed E-state index contributed by atoms with van der Waals surface area (Å²) in [6.45, 7) is 3.95. The highest BCUT2D eigenvalue weighted by Crippen LogP contribution is 2.48. The molecule has 0 saturated heterocycles. The Labute approximate surface area is 109 Å². The second kappa shape index (κ2) is 4.29. The molecule has 7 heteroatoms. The Morgan fingerprint density at radius 1 is 1.26 bits per heavy atom. The summed E-state index contributed by atoms with van der Waals surface area (Å²) in [7, 11) is 0. The van der Waals surface area contributed by atoms with Gasteiger partial charge >= 0.3 is 0 Å². The van der Waals surface area contributed by atoms with Crippen molar-refractivity contribution in [2.45, 2.75) is 6.04 Å². The quantitative estimate of drug-likeness (QED) is 0.656. The third-order valence-electron chi connectivity index (χ3n) is 3.87. The Kier molecular flexibility index (Phi) is 2.72. The lowest BCUT2D eigenvalue weighted by Gasteiger charge is -2.46. The first-order valence-electron chi connectivity index (χ1n) is 6.02. The number of hydrogen-bond acceptors (Lipinski definition) is 6. The number of aromatic nitrogens is 4. The molecule has 3 rings (SSSR count). The standard InChI is InChI=1S/C12H15N5O2/c1-6-7(2-18)8(3-19)10(6)17-5-16-9-11(13)14-4-15-12(9)17/h4-5,7-8,10,18-19H,1-3H2,(H2,13,14,15)/t7-,8+,10+/m0/s1. The molecule has 2 aromatic heterocycles. The molecule has 4 N–H and O–H groups in total. The fourth-order valence-corrected chi connectivity index (χ4v) is 2.81. The molecular weight excluding hydrogens is 246 g/mol. The molecular formula is C12H15N5O2. The summed E-state index contributed by atoms with van der Waals surface area (Å²) in [5.74, 6) is 0.172. The van der Waals surface area contributed by atoms with Crippen molar-refractivity contribution in [3.05, 3.63) is 24.8 Å². The molecule has 1 aliphatic carbocycles. The van der Waals surface area contributed by atoms with Crippen molar-refractivity contribution in [3.63, 3.8) is 0 Å². The van der Waals surface area contributed by atoms with Crippen LogP contribution >= 0.6 is 0 Å². The molecule has 1 saturated carbocycles. The van der Waals surface area contributed by atoms with Crippen molar-refractivity contribution >= 4 is 17.0 Å². The van der Waals surface area contributed by atoms with Gasteiger partial charge in [-0.2, -0.15) is 0 Å². The van der Waals surface area contributed by atoms with Gasteiger partial charge in [0, 0.05) is 18.4 Å². The Morgan fingerprint density at radius 3 is 2.74 bits per heavy atom. The normalized spacial score (nSPS) is 26.6. The van der Waals surface area contributed by atoms with E-state index in [2.05, 4.69) is 21.5 Å². The highest BCUT2D eigenvalue weighted by Gasteiger charge is 2.45. The van der Waals surface area contributed by atoms with Gasteiger partial charge in [0.2, 0.25) is 0 Å². The molecule has 0 spiro atoms. The third-order valence-corrected chi connectivity index (χ3v) is 3.87. The van der Waals surface area contributed by atoms with Crippen LogP contribution in [-0.4, -0.2) is 42.9 Å². The number of fused-ring (bicyclic) bond motifs is 1. The van der Waals surface area contributed by atoms with Crippen molar-refractivity contribution in [1.29, 1.82) is 0 Å². The van der Waals surface area contributed by atoms with Crippen LogP contribution in [0.15, 0.2) is 24.8 Å². The number of aliphatic hydroxyl groups is 2. The van der Waals surface area contributed by atoms with E-state index in [1.165, 1.54) is 6.33 Å². The van der Waals surface area contributed by atoms with Gasteiger partial charge in [-0.1, -0.05) is 6.58 Å². The lowest BCUT2D eigenvalue weighted by molar-refractivity contribution is 0.0536. The van der Waals surface area contributed by atoms with Crippen LogP contribution in [0.3, 0.4) is 0 Å². The van der Waals surface area contributed by atoms with E-state index in [1.54, 1.807) is 6.33 Å². The molecule has 1 fully saturated rings. The van der Waals surface area contributed by atoms with Crippen molar-refractivity contribution in [2.24, 2.45) is 11.8 Å². The van der Waals surface area contributed by atoms with E-state index < -0.39 is 0 Å². The SMILES string of the molecule is C=C1[C@@H](n2cnc3c(N)ncnc32)[C@H](CO)[C@H]1CO. The number of hydrogen-bond donors (Lipinski definition) is 3. The minimum absolute atomic E-state index is 0.00961. The first-order valence-corrected chi connectivity index (χ1v) is 6.02. The minimum Gasteiger partial charge on any atom is -0.396 e. The Hall–Kier alpha value is -1.99. The van der Waals surface area contributed by atoms with Crippen LogP contribution < -0.4 is 5.73 Å². The largest absolute Gasteiger partial charge is 0.396 e. The Balaban J connectivity index is 2.06. The third kappa shape index (κ3) is 1.55. The molecule has 0 bridgehead atoms. The van der Waals surface area contributed by atoms with E-state index in [4.69, 9.17) is 5.73 Å². The Morgan fingerprint density at radius 2 is 2.05 bits per heavy atom. The molecule has 0 amide bonds. The smallest absolute Gasteiger partial charge is 0.165 e. The molecule has 0 aromatic carbocycles. The second-order valence-electron chi connectivity index (χ2n) is 4.74. The molecule has 0 aliphatic heterocycles. The van der Waals surface area contributed by atoms with Crippen molar-refractivity contribution < 1.29 is 10.2 Å². The molecule has 3 atom stereocenters. The predicted molar refractivity (Wildman–Crippen MR) is 69.1 cm³/mol. The first kappa shape index (κ1) is 12.1. The Bertz CT molecular complexity index is 638. The summed E-state index contributed by atoms with van der Waals surface area (Å²) in [6, 6.07) is -0.110. The average molecular weight is 261 g/mol. The zero-order valence-corrected chi connectivity index (χ0v) is 10.3. The monoisotopic (exact) mass is 261 g/mol. The molecule has 1 aliphatic rings. The van der Waals surface area contributed by atoms with Gasteiger partial charge in [-0.15, -0.1) is 0 Å². The summed E-state index contributed by atoms with van der Waals surface area (Å²) in [5.41, 5.74) is 7.78. The van der Waals surface area contributed by atoms with Crippen molar-refractivity contribution in [1.82, 2.24) is 19.5 Å². The average Bonchev–Trinajstić information content (AvgIpc) is 2.81. The van der Waals surface area contributed by atoms with E-state index in [1.807, 2.05) is 4.57 Å². The van der Waals surface area contributed by atoms with Crippen molar-refractivity contribution in [3.8, 4) is 0 Å². The van der Waals surface area contributed by atoms with E-state index in [0.717, 1.165) is 5.57 Å². The van der Waals surface area contributed by atoms with Crippen molar-refractivity contribution in [2.75, 3.05) is 18.9 Å². The number of nitrogens with zero attached hydrogens (tertiary/aromatic N) is 4. The highest BCUT2D eigenvalue weighted by atomic mass is 16.3. The molecule has 100 valence electrons. The van der Waals surface area contributed by atoms with Crippen LogP contribution in [-0.2, 0) is 0 Å². The van der Waals surface area contributed by atoms with Gasteiger partial charge in [-0.3, -0.25) is 0 Å². The number of aliphatic hydroxyl groups excluding tert-OH is 2. The lowest BCUT2D eigenvalue weighted by atomic mass is 9.66. The molecule has 19 heavy (non-hydrogen) atoms. The molecule has 0 unspecified atom stereocenters. The summed E-state index contributed by atoms with van der Waals surface area (Å²) >= 11 is 0. The van der Waals surface area contributed by atoms with Gasteiger partial charge < -0.3 is 20.5 Å². The van der Waals surface area contributed by atoms with Crippen LogP contribution in [0, 0.1) is 11.8 Å². The number of anilines is 1. The van der Waals surface area contributed by atoms with Crippen LogP contribution in [0.25, 0.3) is 11.2 Å². The van der Waals surface area contributed by atoms with Gasteiger partial charge in [0.25, 0.3) is 0 Å². The predicted octanol–water partition coefficient (Wildman–Crippen LogP) is -0.264.